The van der Waals surface area contributed by atoms with Gasteiger partial charge in [-0.15, -0.1) is 0 Å². The van der Waals surface area contributed by atoms with Gasteiger partial charge in [-0.3, -0.25) is 0 Å². The van der Waals surface area contributed by atoms with Gasteiger partial charge in [-0.25, -0.2) is 0 Å². The van der Waals surface area contributed by atoms with Crippen molar-refractivity contribution in [2.45, 2.75) is 39.0 Å². The average Bonchev–Trinajstić information content (AvgIpc) is 2.38. The SMILES string of the molecule is CC1=CC[C@@H](/C=C/[C@@H]2CC=C[C@H](CI)C2)CC1. The fourth-order valence-corrected chi connectivity index (χ4v) is 3.41. The predicted octanol–water partition coefficient (Wildman–Crippen LogP) is 5.31. The van der Waals surface area contributed by atoms with Crippen LogP contribution in [-0.4, -0.2) is 4.43 Å². The second kappa shape index (κ2) is 6.77. The minimum absolute atomic E-state index is 0.798. The third-order valence-electron chi connectivity index (χ3n) is 3.98. The van der Waals surface area contributed by atoms with Crippen molar-refractivity contribution in [3.8, 4) is 0 Å². The molecule has 0 unspecified atom stereocenters. The highest BCUT2D eigenvalue weighted by molar-refractivity contribution is 14.1. The molecule has 0 N–H and O–H groups in total. The van der Waals surface area contributed by atoms with Crippen LogP contribution in [0.1, 0.15) is 39.0 Å². The Morgan fingerprint density at radius 1 is 1.29 bits per heavy atom. The van der Waals surface area contributed by atoms with Crippen molar-refractivity contribution < 1.29 is 0 Å². The number of hydrogen-bond acceptors (Lipinski definition) is 0. The molecule has 2 aliphatic carbocycles. The summed E-state index contributed by atoms with van der Waals surface area (Å²) in [4.78, 5) is 0. The smallest absolute Gasteiger partial charge is 0.00585 e. The van der Waals surface area contributed by atoms with E-state index in [1.807, 2.05) is 0 Å². The third-order valence-corrected chi connectivity index (χ3v) is 5.12. The molecule has 2 rings (SSSR count). The van der Waals surface area contributed by atoms with Crippen LogP contribution in [0.2, 0.25) is 0 Å². The quantitative estimate of drug-likeness (QED) is 0.371. The van der Waals surface area contributed by atoms with Crippen LogP contribution in [0.5, 0.6) is 0 Å². The van der Waals surface area contributed by atoms with E-state index in [1.165, 1.54) is 36.5 Å². The van der Waals surface area contributed by atoms with Crippen molar-refractivity contribution in [1.29, 1.82) is 0 Å². The van der Waals surface area contributed by atoms with Gasteiger partial charge in [0.05, 0.1) is 0 Å². The fourth-order valence-electron chi connectivity index (χ4n) is 2.76. The number of alkyl halides is 1. The Hall–Kier alpha value is -0.0500. The highest BCUT2D eigenvalue weighted by Crippen LogP contribution is 2.28. The largest absolute Gasteiger partial charge is 0.0876 e. The Balaban J connectivity index is 1.83. The molecule has 0 aromatic heterocycles. The summed E-state index contributed by atoms with van der Waals surface area (Å²) < 4.78 is 1.27. The molecular formula is C16H23I. The zero-order valence-corrected chi connectivity index (χ0v) is 12.9. The van der Waals surface area contributed by atoms with E-state index in [-0.39, 0.29) is 0 Å². The van der Waals surface area contributed by atoms with Crippen LogP contribution in [0.3, 0.4) is 0 Å². The van der Waals surface area contributed by atoms with Crippen molar-refractivity contribution in [3.63, 3.8) is 0 Å². The number of rotatable bonds is 3. The maximum absolute atomic E-state index is 2.51. The molecule has 0 fully saturated rings. The summed E-state index contributed by atoms with van der Waals surface area (Å²) in [6, 6.07) is 0. The molecule has 0 spiro atoms. The first-order valence-corrected chi connectivity index (χ1v) is 8.37. The molecule has 1 heteroatoms. The van der Waals surface area contributed by atoms with Gasteiger partial charge in [0, 0.05) is 4.43 Å². The zero-order valence-electron chi connectivity index (χ0n) is 10.7. The van der Waals surface area contributed by atoms with Crippen LogP contribution in [0, 0.1) is 17.8 Å². The summed E-state index contributed by atoms with van der Waals surface area (Å²) in [5.41, 5.74) is 1.58. The monoisotopic (exact) mass is 342 g/mol. The first kappa shape index (κ1) is 13.4. The fraction of sp³-hybridized carbons (Fsp3) is 0.625. The molecule has 0 bridgehead atoms. The van der Waals surface area contributed by atoms with Crippen LogP contribution >= 0.6 is 22.6 Å². The van der Waals surface area contributed by atoms with Crippen molar-refractivity contribution in [2.24, 2.45) is 17.8 Å². The topological polar surface area (TPSA) is 0 Å². The normalized spacial score (nSPS) is 34.0. The molecule has 0 nitrogen and oxygen atoms in total. The molecule has 0 aromatic carbocycles. The number of hydrogen-bond donors (Lipinski definition) is 0. The van der Waals surface area contributed by atoms with Gasteiger partial charge in [0.15, 0.2) is 0 Å². The first-order valence-electron chi connectivity index (χ1n) is 6.84. The number of allylic oxidation sites excluding steroid dienone is 6. The lowest BCUT2D eigenvalue weighted by Gasteiger charge is -2.22. The Bertz CT molecular complexity index is 324. The number of halogens is 1. The van der Waals surface area contributed by atoms with E-state index in [2.05, 4.69) is 59.9 Å². The van der Waals surface area contributed by atoms with Gasteiger partial charge in [-0.1, -0.05) is 58.5 Å². The summed E-state index contributed by atoms with van der Waals surface area (Å²) in [5, 5.41) is 0. The predicted molar refractivity (Wildman–Crippen MR) is 84.5 cm³/mol. The lowest BCUT2D eigenvalue weighted by Crippen LogP contribution is -2.11. The highest BCUT2D eigenvalue weighted by Gasteiger charge is 2.15. The van der Waals surface area contributed by atoms with Crippen LogP contribution < -0.4 is 0 Å². The van der Waals surface area contributed by atoms with Gasteiger partial charge < -0.3 is 0 Å². The summed E-state index contributed by atoms with van der Waals surface area (Å²) in [6.07, 6.45) is 18.7. The molecule has 17 heavy (non-hydrogen) atoms. The van der Waals surface area contributed by atoms with E-state index < -0.39 is 0 Å². The molecule has 0 amide bonds. The molecule has 0 saturated heterocycles. The van der Waals surface area contributed by atoms with Crippen molar-refractivity contribution in [2.75, 3.05) is 4.43 Å². The molecule has 0 radical (unpaired) electrons. The van der Waals surface area contributed by atoms with E-state index in [1.54, 1.807) is 5.57 Å². The van der Waals surface area contributed by atoms with Gasteiger partial charge in [0.1, 0.15) is 0 Å². The van der Waals surface area contributed by atoms with E-state index in [9.17, 15) is 0 Å². The molecule has 0 aromatic rings. The summed E-state index contributed by atoms with van der Waals surface area (Å²) in [7, 11) is 0. The Morgan fingerprint density at radius 3 is 2.82 bits per heavy atom. The lowest BCUT2D eigenvalue weighted by atomic mass is 9.85. The molecular weight excluding hydrogens is 319 g/mol. The van der Waals surface area contributed by atoms with Gasteiger partial charge >= 0.3 is 0 Å². The maximum Gasteiger partial charge on any atom is 0.00585 e. The molecule has 0 aliphatic heterocycles. The highest BCUT2D eigenvalue weighted by atomic mass is 127. The summed E-state index contributed by atoms with van der Waals surface area (Å²) in [6.45, 7) is 2.26. The molecule has 0 heterocycles. The van der Waals surface area contributed by atoms with Crippen LogP contribution in [-0.2, 0) is 0 Å². The Kier molecular flexibility index (Phi) is 5.33. The summed E-state index contributed by atoms with van der Waals surface area (Å²) >= 11 is 2.51. The van der Waals surface area contributed by atoms with Gasteiger partial charge in [-0.2, -0.15) is 0 Å². The van der Waals surface area contributed by atoms with Crippen LogP contribution in [0.25, 0.3) is 0 Å². The van der Waals surface area contributed by atoms with E-state index in [4.69, 9.17) is 0 Å². The molecule has 3 atom stereocenters. The van der Waals surface area contributed by atoms with E-state index in [0.717, 1.165) is 17.8 Å². The third kappa shape index (κ3) is 4.27. The second-order valence-electron chi connectivity index (χ2n) is 5.54. The Labute approximate surface area is 119 Å². The molecule has 94 valence electrons. The minimum Gasteiger partial charge on any atom is -0.0876 e. The van der Waals surface area contributed by atoms with E-state index >= 15 is 0 Å². The molecule has 0 saturated carbocycles. The summed E-state index contributed by atoms with van der Waals surface area (Å²) in [5.74, 6) is 2.42. The molecule has 2 aliphatic rings. The van der Waals surface area contributed by atoms with Gasteiger partial charge in [0.2, 0.25) is 0 Å². The first-order chi connectivity index (χ1) is 8.28. The zero-order chi connectivity index (χ0) is 12.1. The Morgan fingerprint density at radius 2 is 2.12 bits per heavy atom. The second-order valence-corrected chi connectivity index (χ2v) is 6.42. The van der Waals surface area contributed by atoms with Crippen molar-refractivity contribution >= 4 is 22.6 Å². The van der Waals surface area contributed by atoms with Crippen LogP contribution in [0.15, 0.2) is 36.0 Å². The average molecular weight is 342 g/mol. The van der Waals surface area contributed by atoms with Gasteiger partial charge in [0.25, 0.3) is 0 Å². The van der Waals surface area contributed by atoms with Crippen LogP contribution in [0.4, 0.5) is 0 Å². The van der Waals surface area contributed by atoms with Crippen molar-refractivity contribution in [3.05, 3.63) is 36.0 Å². The minimum atomic E-state index is 0.798. The van der Waals surface area contributed by atoms with Gasteiger partial charge in [-0.05, 0) is 56.8 Å². The lowest BCUT2D eigenvalue weighted by molar-refractivity contribution is 0.490. The van der Waals surface area contributed by atoms with E-state index in [0.29, 0.717) is 0 Å². The van der Waals surface area contributed by atoms with Crippen molar-refractivity contribution in [1.82, 2.24) is 0 Å². The maximum atomic E-state index is 2.51. The standard InChI is InChI=1S/C16H23I/c1-13-5-7-14(8-6-13)9-10-15-3-2-4-16(11-15)12-17/h2,4-5,9-10,14-16H,3,6-8,11-12H2,1H3/b10-9+/t14-,15+,16+/m1/s1.